The van der Waals surface area contributed by atoms with Crippen molar-refractivity contribution in [2.45, 2.75) is 51.5 Å². The van der Waals surface area contributed by atoms with Crippen LogP contribution in [0.4, 0.5) is 11.6 Å². The van der Waals surface area contributed by atoms with Gasteiger partial charge >= 0.3 is 0 Å². The monoisotopic (exact) mass is 291 g/mol. The van der Waals surface area contributed by atoms with Gasteiger partial charge in [0.1, 0.15) is 17.5 Å². The third-order valence-electron chi connectivity index (χ3n) is 4.09. The molecule has 1 atom stereocenters. The molecule has 1 aliphatic rings. The van der Waals surface area contributed by atoms with Gasteiger partial charge < -0.3 is 15.5 Å². The molecule has 118 valence electrons. The van der Waals surface area contributed by atoms with E-state index in [4.69, 9.17) is 0 Å². The highest BCUT2D eigenvalue weighted by Crippen LogP contribution is 2.22. The molecule has 1 aliphatic heterocycles. The molecule has 1 saturated heterocycles. The van der Waals surface area contributed by atoms with Gasteiger partial charge in [-0.1, -0.05) is 27.2 Å². The Morgan fingerprint density at radius 1 is 1.24 bits per heavy atom. The number of likely N-dealkylation sites (tertiary alicyclic amines) is 1. The van der Waals surface area contributed by atoms with Crippen LogP contribution in [0.15, 0.2) is 6.07 Å². The van der Waals surface area contributed by atoms with Crippen molar-refractivity contribution in [3.05, 3.63) is 11.9 Å². The highest BCUT2D eigenvalue weighted by atomic mass is 15.2. The average Bonchev–Trinajstić information content (AvgIpc) is 2.45. The molecule has 1 aromatic rings. The largest absolute Gasteiger partial charge is 0.373 e. The summed E-state index contributed by atoms with van der Waals surface area (Å²) in [6, 6.07) is 2.59. The lowest BCUT2D eigenvalue weighted by Crippen LogP contribution is -2.40. The Labute approximate surface area is 128 Å². The zero-order valence-corrected chi connectivity index (χ0v) is 14.0. The number of anilines is 2. The van der Waals surface area contributed by atoms with Gasteiger partial charge in [-0.2, -0.15) is 0 Å². The zero-order valence-electron chi connectivity index (χ0n) is 14.0. The van der Waals surface area contributed by atoms with Gasteiger partial charge in [-0.3, -0.25) is 0 Å². The molecule has 0 spiro atoms. The maximum absolute atomic E-state index is 4.68. The van der Waals surface area contributed by atoms with Gasteiger partial charge in [-0.25, -0.2) is 9.97 Å². The van der Waals surface area contributed by atoms with Gasteiger partial charge in [0.2, 0.25) is 0 Å². The van der Waals surface area contributed by atoms with Crippen molar-refractivity contribution in [2.75, 3.05) is 37.8 Å². The standard InChI is InChI=1S/C16H29N5/c1-16(2,3)15-19-13(17-4)10-14(20-15)18-11-12-8-6-7-9-21(12)5/h10,12H,6-9,11H2,1-5H3,(H2,17,18,19,20). The van der Waals surface area contributed by atoms with Crippen molar-refractivity contribution in [2.24, 2.45) is 0 Å². The lowest BCUT2D eigenvalue weighted by atomic mass is 9.96. The molecule has 0 bridgehead atoms. The first-order valence-electron chi connectivity index (χ1n) is 7.91. The minimum Gasteiger partial charge on any atom is -0.373 e. The van der Waals surface area contributed by atoms with Crippen molar-refractivity contribution in [3.63, 3.8) is 0 Å². The first kappa shape index (κ1) is 16.0. The van der Waals surface area contributed by atoms with E-state index in [9.17, 15) is 0 Å². The number of piperidine rings is 1. The molecular weight excluding hydrogens is 262 g/mol. The van der Waals surface area contributed by atoms with E-state index in [1.807, 2.05) is 13.1 Å². The van der Waals surface area contributed by atoms with Crippen LogP contribution in [0.3, 0.4) is 0 Å². The Balaban J connectivity index is 2.08. The predicted octanol–water partition coefficient (Wildman–Crippen LogP) is 2.71. The summed E-state index contributed by atoms with van der Waals surface area (Å²) in [7, 11) is 4.11. The van der Waals surface area contributed by atoms with E-state index in [2.05, 4.69) is 53.3 Å². The second-order valence-electron chi connectivity index (χ2n) is 6.97. The maximum Gasteiger partial charge on any atom is 0.138 e. The zero-order chi connectivity index (χ0) is 15.5. The fourth-order valence-electron chi connectivity index (χ4n) is 2.63. The summed E-state index contributed by atoms with van der Waals surface area (Å²) in [6.07, 6.45) is 3.91. The van der Waals surface area contributed by atoms with Crippen LogP contribution in [-0.2, 0) is 5.41 Å². The lowest BCUT2D eigenvalue weighted by molar-refractivity contribution is 0.194. The highest BCUT2D eigenvalue weighted by Gasteiger charge is 2.21. The Hall–Kier alpha value is -1.36. The van der Waals surface area contributed by atoms with Gasteiger partial charge in [0.25, 0.3) is 0 Å². The number of likely N-dealkylation sites (N-methyl/N-ethyl adjacent to an activating group) is 1. The number of aromatic nitrogens is 2. The summed E-state index contributed by atoms with van der Waals surface area (Å²) >= 11 is 0. The first-order valence-corrected chi connectivity index (χ1v) is 7.91. The second kappa shape index (κ2) is 6.60. The molecule has 1 fully saturated rings. The molecule has 0 radical (unpaired) electrons. The minimum absolute atomic E-state index is 0.0507. The van der Waals surface area contributed by atoms with Crippen molar-refractivity contribution < 1.29 is 0 Å². The van der Waals surface area contributed by atoms with Crippen LogP contribution in [0.5, 0.6) is 0 Å². The van der Waals surface area contributed by atoms with Crippen molar-refractivity contribution in [1.29, 1.82) is 0 Å². The normalized spacial score (nSPS) is 20.3. The summed E-state index contributed by atoms with van der Waals surface area (Å²) in [6.45, 7) is 8.56. The molecule has 5 nitrogen and oxygen atoms in total. The lowest BCUT2D eigenvalue weighted by Gasteiger charge is -2.32. The van der Waals surface area contributed by atoms with Crippen LogP contribution in [0, 0.1) is 0 Å². The third-order valence-corrected chi connectivity index (χ3v) is 4.09. The van der Waals surface area contributed by atoms with Crippen LogP contribution in [0.1, 0.15) is 45.9 Å². The maximum atomic E-state index is 4.68. The van der Waals surface area contributed by atoms with Gasteiger partial charge in [0, 0.05) is 31.1 Å². The molecule has 0 amide bonds. The van der Waals surface area contributed by atoms with Crippen molar-refractivity contribution >= 4 is 11.6 Å². The summed E-state index contributed by atoms with van der Waals surface area (Å²) in [5.74, 6) is 2.65. The molecule has 0 aliphatic carbocycles. The van der Waals surface area contributed by atoms with Crippen LogP contribution in [0.2, 0.25) is 0 Å². The van der Waals surface area contributed by atoms with Crippen LogP contribution < -0.4 is 10.6 Å². The van der Waals surface area contributed by atoms with Gasteiger partial charge in [-0.15, -0.1) is 0 Å². The Morgan fingerprint density at radius 3 is 2.57 bits per heavy atom. The van der Waals surface area contributed by atoms with E-state index in [0.717, 1.165) is 24.0 Å². The first-order chi connectivity index (χ1) is 9.90. The topological polar surface area (TPSA) is 53.1 Å². The molecule has 2 N–H and O–H groups in total. The van der Waals surface area contributed by atoms with Crippen molar-refractivity contribution in [1.82, 2.24) is 14.9 Å². The molecule has 1 aromatic heterocycles. The second-order valence-corrected chi connectivity index (χ2v) is 6.97. The molecule has 2 rings (SSSR count). The highest BCUT2D eigenvalue weighted by molar-refractivity contribution is 5.48. The Kier molecular flexibility index (Phi) is 5.04. The van der Waals surface area contributed by atoms with Gasteiger partial charge in [0.05, 0.1) is 0 Å². The third kappa shape index (κ3) is 4.30. The fraction of sp³-hybridized carbons (Fsp3) is 0.750. The smallest absolute Gasteiger partial charge is 0.138 e. The number of hydrogen-bond donors (Lipinski definition) is 2. The van der Waals surface area contributed by atoms with Crippen molar-refractivity contribution in [3.8, 4) is 0 Å². The van der Waals surface area contributed by atoms with Crippen LogP contribution in [0.25, 0.3) is 0 Å². The summed E-state index contributed by atoms with van der Waals surface area (Å²) in [5, 5.41) is 6.62. The van der Waals surface area contributed by atoms with E-state index in [1.165, 1.54) is 25.8 Å². The fourth-order valence-corrected chi connectivity index (χ4v) is 2.63. The van der Waals surface area contributed by atoms with E-state index < -0.39 is 0 Å². The summed E-state index contributed by atoms with van der Waals surface area (Å²) < 4.78 is 0. The Morgan fingerprint density at radius 2 is 1.95 bits per heavy atom. The molecule has 0 aromatic carbocycles. The molecule has 2 heterocycles. The average molecular weight is 291 g/mol. The minimum atomic E-state index is -0.0507. The molecule has 0 saturated carbocycles. The van der Waals surface area contributed by atoms with E-state index in [0.29, 0.717) is 6.04 Å². The molecule has 21 heavy (non-hydrogen) atoms. The van der Waals surface area contributed by atoms with E-state index in [1.54, 1.807) is 0 Å². The number of hydrogen-bond acceptors (Lipinski definition) is 5. The number of nitrogens with zero attached hydrogens (tertiary/aromatic N) is 3. The Bertz CT molecular complexity index is 466. The van der Waals surface area contributed by atoms with E-state index in [-0.39, 0.29) is 5.41 Å². The van der Waals surface area contributed by atoms with Crippen LogP contribution in [-0.4, -0.2) is 48.1 Å². The quantitative estimate of drug-likeness (QED) is 0.893. The predicted molar refractivity (Wildman–Crippen MR) is 89.0 cm³/mol. The molecule has 1 unspecified atom stereocenters. The summed E-state index contributed by atoms with van der Waals surface area (Å²) in [4.78, 5) is 11.7. The number of nitrogens with one attached hydrogen (secondary N) is 2. The SMILES string of the molecule is CNc1cc(NCC2CCCCN2C)nc(C(C)(C)C)n1. The van der Waals surface area contributed by atoms with Gasteiger partial charge in [0.15, 0.2) is 0 Å². The van der Waals surface area contributed by atoms with E-state index >= 15 is 0 Å². The molecule has 5 heteroatoms. The number of rotatable bonds is 4. The van der Waals surface area contributed by atoms with Gasteiger partial charge in [-0.05, 0) is 26.4 Å². The summed E-state index contributed by atoms with van der Waals surface area (Å²) in [5.41, 5.74) is -0.0507. The van der Waals surface area contributed by atoms with Crippen LogP contribution >= 0.6 is 0 Å². The molecular formula is C16H29N5.